The van der Waals surface area contributed by atoms with Gasteiger partial charge < -0.3 is 0 Å². The quantitative estimate of drug-likeness (QED) is 0.498. The molecule has 0 aliphatic carbocycles. The van der Waals surface area contributed by atoms with Gasteiger partial charge in [0, 0.05) is 0 Å². The van der Waals surface area contributed by atoms with Crippen LogP contribution in [0.5, 0.6) is 0 Å². The van der Waals surface area contributed by atoms with Gasteiger partial charge in [0.15, 0.2) is 0 Å². The third kappa shape index (κ3) is 1.79. The van der Waals surface area contributed by atoms with E-state index >= 15 is 0 Å². The van der Waals surface area contributed by atoms with Crippen molar-refractivity contribution < 1.29 is 0 Å². The summed E-state index contributed by atoms with van der Waals surface area (Å²) >= 11 is 0.390. The summed E-state index contributed by atoms with van der Waals surface area (Å²) in [6.07, 6.45) is 5.76. The summed E-state index contributed by atoms with van der Waals surface area (Å²) in [6, 6.07) is 12.9. The summed E-state index contributed by atoms with van der Waals surface area (Å²) in [4.78, 5) is 8.86. The average molecular weight is 323 g/mol. The van der Waals surface area contributed by atoms with Crippen molar-refractivity contribution in [1.29, 1.82) is 0 Å². The SMILES string of the molecule is Cc1ccncc1-c1cc2c(cn1)[se]c1ccccc12. The molecule has 0 bridgehead atoms. The predicted octanol–water partition coefficient (Wildman–Crippen LogP) is 3.82. The van der Waals surface area contributed by atoms with Gasteiger partial charge in [-0.05, 0) is 0 Å². The van der Waals surface area contributed by atoms with Crippen LogP contribution >= 0.6 is 0 Å². The number of rotatable bonds is 1. The van der Waals surface area contributed by atoms with E-state index in [2.05, 4.69) is 47.2 Å². The van der Waals surface area contributed by atoms with Gasteiger partial charge in [0.2, 0.25) is 0 Å². The fourth-order valence-electron chi connectivity index (χ4n) is 2.51. The molecular formula is C17H12N2Se. The van der Waals surface area contributed by atoms with Gasteiger partial charge in [-0.25, -0.2) is 0 Å². The average Bonchev–Trinajstić information content (AvgIpc) is 2.85. The Bertz CT molecular complexity index is 924. The molecule has 0 amide bonds. The van der Waals surface area contributed by atoms with E-state index in [1.54, 1.807) is 0 Å². The van der Waals surface area contributed by atoms with Gasteiger partial charge in [0.25, 0.3) is 0 Å². The monoisotopic (exact) mass is 324 g/mol. The van der Waals surface area contributed by atoms with Crippen LogP contribution in [0.15, 0.2) is 55.0 Å². The van der Waals surface area contributed by atoms with Gasteiger partial charge in [0.05, 0.1) is 0 Å². The van der Waals surface area contributed by atoms with Crippen LogP contribution in [0, 0.1) is 6.92 Å². The van der Waals surface area contributed by atoms with Crippen LogP contribution in [0.3, 0.4) is 0 Å². The Balaban J connectivity index is 2.03. The number of hydrogen-bond donors (Lipinski definition) is 0. The summed E-state index contributed by atoms with van der Waals surface area (Å²) in [7, 11) is 0. The van der Waals surface area contributed by atoms with Crippen LogP contribution in [-0.4, -0.2) is 24.5 Å². The molecule has 0 aliphatic heterocycles. The van der Waals surface area contributed by atoms with Crippen LogP contribution in [-0.2, 0) is 0 Å². The molecule has 0 fully saturated rings. The zero-order valence-corrected chi connectivity index (χ0v) is 12.7. The summed E-state index contributed by atoms with van der Waals surface area (Å²) in [6.45, 7) is 2.10. The second kappa shape index (κ2) is 4.55. The first kappa shape index (κ1) is 11.8. The third-order valence-corrected chi connectivity index (χ3v) is 5.93. The van der Waals surface area contributed by atoms with Crippen LogP contribution in [0.4, 0.5) is 0 Å². The fourth-order valence-corrected chi connectivity index (χ4v) is 4.73. The number of aryl methyl sites for hydroxylation is 1. The Morgan fingerprint density at radius 2 is 1.85 bits per heavy atom. The standard InChI is InChI=1S/C17H12N2Se/c1-11-6-7-18-9-14(11)15-8-13-12-4-2-3-5-16(12)20-17(13)10-19-15/h2-10H,1H3. The number of pyridine rings is 2. The number of benzene rings is 1. The number of hydrogen-bond acceptors (Lipinski definition) is 2. The molecule has 2 nitrogen and oxygen atoms in total. The third-order valence-electron chi connectivity index (χ3n) is 3.58. The van der Waals surface area contributed by atoms with Crippen molar-refractivity contribution in [2.75, 3.05) is 0 Å². The van der Waals surface area contributed by atoms with E-state index in [1.165, 1.54) is 24.9 Å². The zero-order valence-electron chi connectivity index (χ0n) is 11.0. The topological polar surface area (TPSA) is 25.8 Å². The Morgan fingerprint density at radius 1 is 0.950 bits per heavy atom. The molecule has 4 aromatic rings. The molecule has 0 saturated heterocycles. The number of aromatic nitrogens is 2. The molecular weight excluding hydrogens is 311 g/mol. The van der Waals surface area contributed by atoms with E-state index in [-0.39, 0.29) is 0 Å². The van der Waals surface area contributed by atoms with E-state index in [0.29, 0.717) is 14.5 Å². The summed E-state index contributed by atoms with van der Waals surface area (Å²) in [5.41, 5.74) is 3.35. The fraction of sp³-hybridized carbons (Fsp3) is 0.0588. The molecule has 20 heavy (non-hydrogen) atoms. The molecule has 0 atom stereocenters. The molecule has 4 rings (SSSR count). The second-order valence-electron chi connectivity index (χ2n) is 4.85. The molecule has 3 aromatic heterocycles. The van der Waals surface area contributed by atoms with Crippen LogP contribution in [0.1, 0.15) is 5.56 Å². The molecule has 3 heteroatoms. The van der Waals surface area contributed by atoms with E-state index < -0.39 is 0 Å². The maximum atomic E-state index is 4.64. The number of fused-ring (bicyclic) bond motifs is 3. The Morgan fingerprint density at radius 3 is 2.75 bits per heavy atom. The Labute approximate surface area is 122 Å². The Kier molecular flexibility index (Phi) is 2.69. The molecule has 96 valence electrons. The van der Waals surface area contributed by atoms with Crippen LogP contribution in [0.2, 0.25) is 0 Å². The zero-order chi connectivity index (χ0) is 13.5. The van der Waals surface area contributed by atoms with Crippen molar-refractivity contribution in [1.82, 2.24) is 9.97 Å². The van der Waals surface area contributed by atoms with E-state index in [4.69, 9.17) is 0 Å². The van der Waals surface area contributed by atoms with Crippen LogP contribution in [0.25, 0.3) is 30.6 Å². The summed E-state index contributed by atoms with van der Waals surface area (Å²) < 4.78 is 2.83. The molecule has 0 saturated carbocycles. The van der Waals surface area contributed by atoms with Gasteiger partial charge in [-0.2, -0.15) is 0 Å². The first-order valence-electron chi connectivity index (χ1n) is 6.51. The summed E-state index contributed by atoms with van der Waals surface area (Å²) in [5.74, 6) is 0. The van der Waals surface area contributed by atoms with Crippen molar-refractivity contribution in [2.45, 2.75) is 6.92 Å². The first-order chi connectivity index (χ1) is 9.83. The van der Waals surface area contributed by atoms with Crippen molar-refractivity contribution in [2.24, 2.45) is 0 Å². The minimum absolute atomic E-state index is 0.390. The first-order valence-corrected chi connectivity index (χ1v) is 8.22. The predicted molar refractivity (Wildman–Crippen MR) is 84.2 cm³/mol. The van der Waals surface area contributed by atoms with Gasteiger partial charge in [-0.1, -0.05) is 0 Å². The molecule has 3 heterocycles. The normalized spacial score (nSPS) is 11.2. The van der Waals surface area contributed by atoms with Crippen molar-refractivity contribution in [3.05, 3.63) is 60.6 Å². The maximum absolute atomic E-state index is 4.64. The Hall–Kier alpha value is -1.96. The van der Waals surface area contributed by atoms with Crippen LogP contribution < -0.4 is 0 Å². The molecule has 0 unspecified atom stereocenters. The van der Waals surface area contributed by atoms with Crippen molar-refractivity contribution >= 4 is 33.8 Å². The van der Waals surface area contributed by atoms with E-state index in [1.807, 2.05) is 24.7 Å². The van der Waals surface area contributed by atoms with E-state index in [0.717, 1.165) is 11.3 Å². The number of nitrogens with zero attached hydrogens (tertiary/aromatic N) is 2. The van der Waals surface area contributed by atoms with Gasteiger partial charge in [-0.3, -0.25) is 0 Å². The summed E-state index contributed by atoms with van der Waals surface area (Å²) in [5, 5.41) is 2.71. The van der Waals surface area contributed by atoms with Crippen molar-refractivity contribution in [3.63, 3.8) is 0 Å². The van der Waals surface area contributed by atoms with Crippen molar-refractivity contribution in [3.8, 4) is 11.3 Å². The van der Waals surface area contributed by atoms with Gasteiger partial charge in [0.1, 0.15) is 0 Å². The molecule has 0 N–H and O–H groups in total. The van der Waals surface area contributed by atoms with Gasteiger partial charge >= 0.3 is 122 Å². The second-order valence-corrected chi connectivity index (χ2v) is 7.13. The van der Waals surface area contributed by atoms with Gasteiger partial charge in [-0.15, -0.1) is 0 Å². The molecule has 0 spiro atoms. The minimum atomic E-state index is 0.390. The molecule has 1 aromatic carbocycles. The molecule has 0 radical (unpaired) electrons. The van der Waals surface area contributed by atoms with E-state index in [9.17, 15) is 0 Å². The molecule has 0 aliphatic rings.